The molecule has 2 aromatic heterocycles. The monoisotopic (exact) mass is 413 g/mol. The number of aliphatic hydroxyl groups is 1. The number of nitrogens with one attached hydrogen (secondary N) is 2. The third-order valence-electron chi connectivity index (χ3n) is 3.72. The van der Waals surface area contributed by atoms with Gasteiger partial charge in [-0.05, 0) is 59.6 Å². The van der Waals surface area contributed by atoms with Crippen molar-refractivity contribution in [2.75, 3.05) is 17.2 Å². The van der Waals surface area contributed by atoms with Crippen LogP contribution in [0.5, 0.6) is 0 Å². The Morgan fingerprint density at radius 3 is 2.73 bits per heavy atom. The van der Waals surface area contributed by atoms with Crippen LogP contribution >= 0.6 is 15.9 Å². The van der Waals surface area contributed by atoms with Gasteiger partial charge in [-0.3, -0.25) is 4.98 Å². The van der Waals surface area contributed by atoms with Gasteiger partial charge in [-0.1, -0.05) is 6.07 Å². The van der Waals surface area contributed by atoms with Crippen LogP contribution in [0.15, 0.2) is 53.3 Å². The van der Waals surface area contributed by atoms with Gasteiger partial charge >= 0.3 is 0 Å². The molecule has 134 valence electrons. The first-order chi connectivity index (χ1) is 12.5. The molecule has 3 rings (SSSR count). The van der Waals surface area contributed by atoms with E-state index in [2.05, 4.69) is 41.5 Å². The lowest BCUT2D eigenvalue weighted by Gasteiger charge is -2.15. The van der Waals surface area contributed by atoms with Crippen molar-refractivity contribution in [2.24, 2.45) is 0 Å². The highest BCUT2D eigenvalue weighted by Gasteiger charge is 2.10. The van der Waals surface area contributed by atoms with Crippen LogP contribution in [0.3, 0.4) is 0 Å². The van der Waals surface area contributed by atoms with Crippen LogP contribution in [0.25, 0.3) is 11.3 Å². The first kappa shape index (κ1) is 18.3. The second kappa shape index (κ2) is 8.25. The van der Waals surface area contributed by atoms with Crippen LogP contribution in [0.1, 0.15) is 12.5 Å². The minimum Gasteiger partial charge on any atom is -0.394 e. The molecule has 1 atom stereocenters. The van der Waals surface area contributed by atoms with Gasteiger partial charge in [0.15, 0.2) is 0 Å². The molecule has 1 aromatic carbocycles. The lowest BCUT2D eigenvalue weighted by Crippen LogP contribution is -2.21. The molecule has 3 N–H and O–H groups in total. The van der Waals surface area contributed by atoms with Gasteiger partial charge in [-0.15, -0.1) is 0 Å². The molecule has 0 saturated heterocycles. The van der Waals surface area contributed by atoms with E-state index in [1.807, 2.05) is 50.2 Å². The van der Waals surface area contributed by atoms with E-state index < -0.39 is 0 Å². The van der Waals surface area contributed by atoms with Crippen LogP contribution in [0.2, 0.25) is 0 Å². The Labute approximate surface area is 160 Å². The van der Waals surface area contributed by atoms with E-state index in [-0.39, 0.29) is 12.6 Å². The second-order valence-electron chi connectivity index (χ2n) is 6.04. The summed E-state index contributed by atoms with van der Waals surface area (Å²) in [4.78, 5) is 13.2. The van der Waals surface area contributed by atoms with Crippen molar-refractivity contribution in [3.63, 3.8) is 0 Å². The van der Waals surface area contributed by atoms with Gasteiger partial charge < -0.3 is 15.7 Å². The molecule has 0 bridgehead atoms. The second-order valence-corrected chi connectivity index (χ2v) is 6.89. The summed E-state index contributed by atoms with van der Waals surface area (Å²) in [7, 11) is 0. The predicted molar refractivity (Wildman–Crippen MR) is 108 cm³/mol. The van der Waals surface area contributed by atoms with Crippen LogP contribution < -0.4 is 10.6 Å². The Hall–Kier alpha value is -2.51. The first-order valence-electron chi connectivity index (χ1n) is 8.25. The number of aliphatic hydroxyl groups excluding tert-OH is 1. The minimum absolute atomic E-state index is 0.00719. The summed E-state index contributed by atoms with van der Waals surface area (Å²) in [6.07, 6.45) is 3.48. The van der Waals surface area contributed by atoms with Gasteiger partial charge in [-0.2, -0.15) is 4.98 Å². The molecule has 0 aliphatic carbocycles. The number of pyridine rings is 1. The maximum Gasteiger partial charge on any atom is 0.225 e. The fraction of sp³-hybridized carbons (Fsp3) is 0.211. The van der Waals surface area contributed by atoms with Crippen molar-refractivity contribution < 1.29 is 5.11 Å². The Balaban J connectivity index is 1.98. The van der Waals surface area contributed by atoms with E-state index in [9.17, 15) is 5.11 Å². The molecular formula is C19H20BrN5O. The van der Waals surface area contributed by atoms with Gasteiger partial charge in [0.05, 0.1) is 18.0 Å². The highest BCUT2D eigenvalue weighted by Crippen LogP contribution is 2.28. The Kier molecular flexibility index (Phi) is 5.80. The van der Waals surface area contributed by atoms with E-state index in [1.165, 1.54) is 5.56 Å². The van der Waals surface area contributed by atoms with E-state index >= 15 is 0 Å². The number of nitrogens with zero attached hydrogens (tertiary/aromatic N) is 3. The molecule has 0 saturated carbocycles. The molecule has 26 heavy (non-hydrogen) atoms. The summed E-state index contributed by atoms with van der Waals surface area (Å²) in [5.41, 5.74) is 3.71. The smallest absolute Gasteiger partial charge is 0.225 e. The molecule has 0 fully saturated rings. The molecule has 3 aromatic rings. The maximum atomic E-state index is 9.30. The van der Waals surface area contributed by atoms with Gasteiger partial charge in [0, 0.05) is 34.5 Å². The zero-order chi connectivity index (χ0) is 18.5. The van der Waals surface area contributed by atoms with Gasteiger partial charge in [-0.25, -0.2) is 4.98 Å². The lowest BCUT2D eigenvalue weighted by molar-refractivity contribution is 0.281. The number of aryl methyl sites for hydroxylation is 1. The fourth-order valence-corrected chi connectivity index (χ4v) is 2.96. The Bertz CT molecular complexity index is 888. The van der Waals surface area contributed by atoms with Crippen molar-refractivity contribution >= 4 is 33.4 Å². The highest BCUT2D eigenvalue weighted by molar-refractivity contribution is 9.10. The quantitative estimate of drug-likeness (QED) is 0.562. The molecule has 0 aliphatic heterocycles. The van der Waals surface area contributed by atoms with E-state index in [4.69, 9.17) is 0 Å². The number of anilines is 3. The predicted octanol–water partition coefficient (Wildman–Crippen LogP) is 4.15. The van der Waals surface area contributed by atoms with Crippen LogP contribution in [0.4, 0.5) is 17.5 Å². The number of benzene rings is 1. The minimum atomic E-state index is -0.155. The van der Waals surface area contributed by atoms with E-state index in [0.717, 1.165) is 21.4 Å². The third-order valence-corrected chi connectivity index (χ3v) is 4.38. The van der Waals surface area contributed by atoms with Crippen LogP contribution in [-0.4, -0.2) is 32.7 Å². The molecular weight excluding hydrogens is 394 g/mol. The SMILES string of the molecule is Cc1ccc(Nc2cc(-c3cccnc3)nc(N[C@@H](C)CO)n2)c(Br)c1. The number of halogens is 1. The van der Waals surface area contributed by atoms with Crippen LogP contribution in [-0.2, 0) is 0 Å². The number of hydrogen-bond acceptors (Lipinski definition) is 6. The molecule has 7 heteroatoms. The molecule has 6 nitrogen and oxygen atoms in total. The Morgan fingerprint density at radius 1 is 1.19 bits per heavy atom. The number of aromatic nitrogens is 3. The summed E-state index contributed by atoms with van der Waals surface area (Å²) in [6, 6.07) is 11.6. The average Bonchev–Trinajstić information content (AvgIpc) is 2.64. The number of hydrogen-bond donors (Lipinski definition) is 3. The van der Waals surface area contributed by atoms with Gasteiger partial charge in [0.2, 0.25) is 5.95 Å². The van der Waals surface area contributed by atoms with E-state index in [0.29, 0.717) is 11.8 Å². The lowest BCUT2D eigenvalue weighted by atomic mass is 10.2. The highest BCUT2D eigenvalue weighted by atomic mass is 79.9. The molecule has 0 unspecified atom stereocenters. The largest absolute Gasteiger partial charge is 0.394 e. The molecule has 0 aliphatic rings. The summed E-state index contributed by atoms with van der Waals surface area (Å²) < 4.78 is 0.956. The molecule has 0 radical (unpaired) electrons. The van der Waals surface area contributed by atoms with Gasteiger partial charge in [0.25, 0.3) is 0 Å². The summed E-state index contributed by atoms with van der Waals surface area (Å²) in [6.45, 7) is 3.90. The van der Waals surface area contributed by atoms with Crippen molar-refractivity contribution in [3.8, 4) is 11.3 Å². The Morgan fingerprint density at radius 2 is 2.04 bits per heavy atom. The van der Waals surface area contributed by atoms with Crippen LogP contribution in [0, 0.1) is 6.92 Å². The van der Waals surface area contributed by atoms with Crippen molar-refractivity contribution in [2.45, 2.75) is 19.9 Å². The zero-order valence-corrected chi connectivity index (χ0v) is 16.2. The first-order valence-corrected chi connectivity index (χ1v) is 9.04. The third kappa shape index (κ3) is 4.56. The van der Waals surface area contributed by atoms with Gasteiger partial charge in [0.1, 0.15) is 5.82 Å². The fourth-order valence-electron chi connectivity index (χ4n) is 2.36. The summed E-state index contributed by atoms with van der Waals surface area (Å²) in [5, 5.41) is 15.7. The molecule has 0 amide bonds. The topological polar surface area (TPSA) is 83.0 Å². The van der Waals surface area contributed by atoms with Crippen molar-refractivity contribution in [1.29, 1.82) is 0 Å². The molecule has 0 spiro atoms. The standard InChI is InChI=1S/C19H20BrN5O/c1-12-5-6-16(15(20)8-12)23-18-9-17(14-4-3-7-21-10-14)24-19(25-18)22-13(2)11-26/h3-10,13,26H,11H2,1-2H3,(H2,22,23,24,25)/t13-/m0/s1. The summed E-state index contributed by atoms with van der Waals surface area (Å²) >= 11 is 3.57. The maximum absolute atomic E-state index is 9.30. The zero-order valence-electron chi connectivity index (χ0n) is 14.6. The van der Waals surface area contributed by atoms with Crippen molar-refractivity contribution in [1.82, 2.24) is 15.0 Å². The normalized spacial score (nSPS) is 11.8. The number of rotatable bonds is 6. The van der Waals surface area contributed by atoms with Crippen molar-refractivity contribution in [3.05, 3.63) is 58.8 Å². The molecule has 2 heterocycles. The summed E-state index contributed by atoms with van der Waals surface area (Å²) in [5.74, 6) is 1.09. The van der Waals surface area contributed by atoms with E-state index in [1.54, 1.807) is 12.4 Å². The average molecular weight is 414 g/mol.